The van der Waals surface area contributed by atoms with Crippen molar-refractivity contribution in [3.05, 3.63) is 0 Å². The van der Waals surface area contributed by atoms with Gasteiger partial charge in [-0.1, -0.05) is 96.8 Å². The van der Waals surface area contributed by atoms with Gasteiger partial charge in [-0.25, -0.2) is 0 Å². The van der Waals surface area contributed by atoms with E-state index in [9.17, 15) is 5.11 Å². The summed E-state index contributed by atoms with van der Waals surface area (Å²) in [7, 11) is 0. The van der Waals surface area contributed by atoms with E-state index in [1.807, 2.05) is 0 Å². The predicted octanol–water partition coefficient (Wildman–Crippen LogP) is 5.99. The van der Waals surface area contributed by atoms with E-state index in [0.717, 1.165) is 26.2 Å². The van der Waals surface area contributed by atoms with Crippen LogP contribution in [-0.4, -0.2) is 53.2 Å². The Kier molecular flexibility index (Phi) is 15.9. The van der Waals surface area contributed by atoms with E-state index < -0.39 is 0 Å². The van der Waals surface area contributed by atoms with Crippen molar-refractivity contribution >= 4 is 5.84 Å². The van der Waals surface area contributed by atoms with E-state index in [2.05, 4.69) is 23.3 Å². The molecule has 0 aromatic rings. The lowest BCUT2D eigenvalue weighted by atomic mass is 10.0. The molecular formula is C24H49N2O+. The van der Waals surface area contributed by atoms with E-state index in [-0.39, 0.29) is 6.61 Å². The SMILES string of the molecule is CCCCCCCCCCCCCCCCCC1=[N+](CCO)CCN1CC. The second-order valence-electron chi connectivity index (χ2n) is 8.41. The molecule has 0 fully saturated rings. The van der Waals surface area contributed by atoms with Crippen LogP contribution in [0.2, 0.25) is 0 Å². The summed E-state index contributed by atoms with van der Waals surface area (Å²) in [4.78, 5) is 2.50. The van der Waals surface area contributed by atoms with Gasteiger partial charge in [0.05, 0.1) is 13.2 Å². The molecule has 1 heterocycles. The molecule has 0 spiro atoms. The molecule has 1 N–H and O–H groups in total. The van der Waals surface area contributed by atoms with Crippen molar-refractivity contribution in [3.8, 4) is 0 Å². The average Bonchev–Trinajstić information content (AvgIpc) is 3.07. The van der Waals surface area contributed by atoms with Gasteiger partial charge in [0.25, 0.3) is 0 Å². The Bertz CT molecular complexity index is 367. The van der Waals surface area contributed by atoms with Crippen LogP contribution in [0.25, 0.3) is 0 Å². The molecule has 3 heteroatoms. The maximum absolute atomic E-state index is 9.23. The fraction of sp³-hybridized carbons (Fsp3) is 0.958. The van der Waals surface area contributed by atoms with Crippen LogP contribution in [0.3, 0.4) is 0 Å². The molecule has 0 atom stereocenters. The molecule has 3 nitrogen and oxygen atoms in total. The molecule has 1 aliphatic rings. The van der Waals surface area contributed by atoms with Crippen LogP contribution in [0.4, 0.5) is 0 Å². The van der Waals surface area contributed by atoms with Crippen LogP contribution < -0.4 is 0 Å². The van der Waals surface area contributed by atoms with E-state index in [4.69, 9.17) is 0 Å². The highest BCUT2D eigenvalue weighted by atomic mass is 16.3. The molecule has 1 aliphatic heterocycles. The molecule has 0 saturated carbocycles. The number of aliphatic hydroxyl groups excluding tert-OH is 1. The Morgan fingerprint density at radius 1 is 0.741 bits per heavy atom. The van der Waals surface area contributed by atoms with Crippen molar-refractivity contribution in [1.29, 1.82) is 0 Å². The number of rotatable bonds is 19. The number of likely N-dealkylation sites (N-methyl/N-ethyl adjacent to an activating group) is 1. The van der Waals surface area contributed by atoms with Crippen LogP contribution in [-0.2, 0) is 0 Å². The first-order chi connectivity index (χ1) is 13.3. The van der Waals surface area contributed by atoms with Crippen LogP contribution in [0.5, 0.6) is 0 Å². The Morgan fingerprint density at radius 3 is 1.67 bits per heavy atom. The van der Waals surface area contributed by atoms with E-state index in [1.54, 1.807) is 0 Å². The zero-order valence-electron chi connectivity index (χ0n) is 18.7. The lowest BCUT2D eigenvalue weighted by Crippen LogP contribution is -2.30. The third-order valence-electron chi connectivity index (χ3n) is 6.13. The van der Waals surface area contributed by atoms with Gasteiger partial charge in [-0.05, 0) is 13.3 Å². The predicted molar refractivity (Wildman–Crippen MR) is 119 cm³/mol. The number of hydrogen-bond donors (Lipinski definition) is 1. The second-order valence-corrected chi connectivity index (χ2v) is 8.41. The monoisotopic (exact) mass is 381 g/mol. The lowest BCUT2D eigenvalue weighted by molar-refractivity contribution is -0.521. The molecule has 160 valence electrons. The maximum atomic E-state index is 9.23. The maximum Gasteiger partial charge on any atom is 0.247 e. The van der Waals surface area contributed by atoms with Crippen molar-refractivity contribution in [1.82, 2.24) is 4.90 Å². The minimum Gasteiger partial charge on any atom is -0.392 e. The van der Waals surface area contributed by atoms with Gasteiger partial charge in [0, 0.05) is 6.42 Å². The van der Waals surface area contributed by atoms with Gasteiger partial charge >= 0.3 is 0 Å². The molecule has 0 aromatic heterocycles. The standard InChI is InChI=1S/C24H49N2O/c1-3-5-6-7-8-9-10-11-12-13-14-15-16-17-18-19-24-25(4-2)20-21-26(24)22-23-27/h27H,3-23H2,1-2H3/q+1. The van der Waals surface area contributed by atoms with Crippen molar-refractivity contribution in [2.75, 3.05) is 32.8 Å². The minimum absolute atomic E-state index is 0.278. The van der Waals surface area contributed by atoms with Gasteiger partial charge in [0.15, 0.2) is 0 Å². The van der Waals surface area contributed by atoms with Gasteiger partial charge < -0.3 is 5.11 Å². The number of β-amino-alcohol motifs (C(OH)–C–C–N with tert-alkyl or cyclic N) is 1. The van der Waals surface area contributed by atoms with Crippen LogP contribution >= 0.6 is 0 Å². The lowest BCUT2D eigenvalue weighted by Gasteiger charge is -2.11. The van der Waals surface area contributed by atoms with Crippen LogP contribution in [0, 0.1) is 0 Å². The molecule has 27 heavy (non-hydrogen) atoms. The summed E-state index contributed by atoms with van der Waals surface area (Å²) in [6, 6.07) is 0. The summed E-state index contributed by atoms with van der Waals surface area (Å²) in [5.74, 6) is 1.49. The summed E-state index contributed by atoms with van der Waals surface area (Å²) >= 11 is 0. The van der Waals surface area contributed by atoms with Gasteiger partial charge in [-0.3, -0.25) is 9.48 Å². The Balaban J connectivity index is 1.89. The number of amidine groups is 1. The number of hydrogen-bond acceptors (Lipinski definition) is 2. The summed E-state index contributed by atoms with van der Waals surface area (Å²) in [5.41, 5.74) is 0. The topological polar surface area (TPSA) is 26.5 Å². The first-order valence-electron chi connectivity index (χ1n) is 12.3. The fourth-order valence-electron chi connectivity index (χ4n) is 4.37. The smallest absolute Gasteiger partial charge is 0.247 e. The zero-order valence-corrected chi connectivity index (χ0v) is 18.7. The molecule has 0 aromatic carbocycles. The third-order valence-corrected chi connectivity index (χ3v) is 6.13. The molecule has 0 saturated heterocycles. The molecule has 0 amide bonds. The highest BCUT2D eigenvalue weighted by molar-refractivity contribution is 5.78. The van der Waals surface area contributed by atoms with Crippen molar-refractivity contribution in [2.45, 2.75) is 117 Å². The van der Waals surface area contributed by atoms with Crippen LogP contribution in [0.15, 0.2) is 0 Å². The summed E-state index contributed by atoms with van der Waals surface area (Å²) in [6.45, 7) is 8.98. The van der Waals surface area contributed by atoms with Gasteiger partial charge in [-0.2, -0.15) is 0 Å². The number of aliphatic hydroxyl groups is 1. The molecule has 0 bridgehead atoms. The quantitative estimate of drug-likeness (QED) is 0.220. The first kappa shape index (κ1) is 24.5. The van der Waals surface area contributed by atoms with Crippen LogP contribution in [0.1, 0.15) is 117 Å². The minimum atomic E-state index is 0.278. The largest absolute Gasteiger partial charge is 0.392 e. The highest BCUT2D eigenvalue weighted by Gasteiger charge is 2.27. The average molecular weight is 382 g/mol. The molecular weight excluding hydrogens is 332 g/mol. The van der Waals surface area contributed by atoms with E-state index >= 15 is 0 Å². The van der Waals surface area contributed by atoms with Gasteiger partial charge in [0.2, 0.25) is 5.84 Å². The molecule has 0 unspecified atom stereocenters. The van der Waals surface area contributed by atoms with Crippen molar-refractivity contribution in [2.24, 2.45) is 0 Å². The summed E-state index contributed by atoms with van der Waals surface area (Å²) in [5, 5.41) is 9.23. The number of unbranched alkanes of at least 4 members (excludes halogenated alkanes) is 14. The second kappa shape index (κ2) is 17.5. The third kappa shape index (κ3) is 11.8. The van der Waals surface area contributed by atoms with Crippen molar-refractivity contribution < 1.29 is 9.68 Å². The molecule has 0 aliphatic carbocycles. The zero-order chi connectivity index (χ0) is 19.6. The van der Waals surface area contributed by atoms with E-state index in [1.165, 1.54) is 109 Å². The normalized spacial score (nSPS) is 14.6. The summed E-state index contributed by atoms with van der Waals surface area (Å²) < 4.78 is 2.40. The number of nitrogens with zero attached hydrogens (tertiary/aromatic N) is 2. The Morgan fingerprint density at radius 2 is 1.22 bits per heavy atom. The molecule has 1 rings (SSSR count). The molecule has 0 radical (unpaired) electrons. The van der Waals surface area contributed by atoms with Gasteiger partial charge in [-0.15, -0.1) is 0 Å². The van der Waals surface area contributed by atoms with E-state index in [0.29, 0.717) is 0 Å². The highest BCUT2D eigenvalue weighted by Crippen LogP contribution is 2.15. The first-order valence-corrected chi connectivity index (χ1v) is 12.3. The fourth-order valence-corrected chi connectivity index (χ4v) is 4.37. The van der Waals surface area contributed by atoms with Gasteiger partial charge in [0.1, 0.15) is 19.6 Å². The van der Waals surface area contributed by atoms with Crippen molar-refractivity contribution in [3.63, 3.8) is 0 Å². The Hall–Kier alpha value is -0.570. The summed E-state index contributed by atoms with van der Waals surface area (Å²) in [6.07, 6.45) is 22.6. The Labute approximate surface area is 170 Å².